The van der Waals surface area contributed by atoms with E-state index in [0.717, 1.165) is 12.8 Å². The van der Waals surface area contributed by atoms with Crippen molar-refractivity contribution in [2.45, 2.75) is 43.5 Å². The molecule has 19 heavy (non-hydrogen) atoms. The van der Waals surface area contributed by atoms with Gasteiger partial charge in [-0.05, 0) is 26.8 Å². The molecule has 1 aromatic rings. The Labute approximate surface area is 113 Å². The van der Waals surface area contributed by atoms with E-state index < -0.39 is 10.0 Å². The van der Waals surface area contributed by atoms with E-state index >= 15 is 0 Å². The second kappa shape index (κ2) is 6.00. The summed E-state index contributed by atoms with van der Waals surface area (Å²) in [5, 5.41) is 9.37. The number of aromatic nitrogens is 2. The first-order valence-electron chi connectivity index (χ1n) is 6.35. The van der Waals surface area contributed by atoms with Crippen molar-refractivity contribution in [3.05, 3.63) is 11.8 Å². The molecule has 0 aliphatic carbocycles. The van der Waals surface area contributed by atoms with Crippen LogP contribution in [0.15, 0.2) is 11.2 Å². The second-order valence-corrected chi connectivity index (χ2v) is 6.37. The molecule has 3 N–H and O–H groups in total. The first-order chi connectivity index (χ1) is 9.04. The fraction of sp³-hybridized carbons (Fsp3) is 0.727. The molecular weight excluding hydrogens is 268 g/mol. The Hall–Kier alpha value is -0.960. The lowest BCUT2D eigenvalue weighted by molar-refractivity contribution is 0.0902. The normalized spacial score (nSPS) is 21.7. The molecule has 0 bridgehead atoms. The molecule has 1 saturated heterocycles. The van der Waals surface area contributed by atoms with Crippen molar-refractivity contribution in [2.75, 3.05) is 13.7 Å². The van der Waals surface area contributed by atoms with E-state index in [9.17, 15) is 8.42 Å². The van der Waals surface area contributed by atoms with Crippen LogP contribution < -0.4 is 10.0 Å². The average molecular weight is 288 g/mol. The Morgan fingerprint density at radius 1 is 1.63 bits per heavy atom. The molecule has 0 saturated carbocycles. The standard InChI is InChI=1S/C11H20N4O3S/c1-8(10-4-3-5-18-10)15-19(16,17)11-9(6-12-2)7-13-14-11/h7-8,10,12,15H,3-6H2,1-2H3,(H,13,14). The molecule has 1 aliphatic rings. The summed E-state index contributed by atoms with van der Waals surface area (Å²) in [5.41, 5.74) is 0.620. The van der Waals surface area contributed by atoms with Crippen molar-refractivity contribution in [2.24, 2.45) is 0 Å². The fourth-order valence-corrected chi connectivity index (χ4v) is 3.63. The van der Waals surface area contributed by atoms with Crippen molar-refractivity contribution in [1.29, 1.82) is 0 Å². The van der Waals surface area contributed by atoms with E-state index in [1.807, 2.05) is 6.92 Å². The number of hydrogen-bond donors (Lipinski definition) is 3. The third kappa shape index (κ3) is 3.33. The fourth-order valence-electron chi connectivity index (χ4n) is 2.22. The first kappa shape index (κ1) is 14.4. The highest BCUT2D eigenvalue weighted by atomic mass is 32.2. The lowest BCUT2D eigenvalue weighted by atomic mass is 10.1. The molecule has 108 valence electrons. The Balaban J connectivity index is 2.10. The van der Waals surface area contributed by atoms with Crippen LogP contribution in [0.2, 0.25) is 0 Å². The molecule has 2 atom stereocenters. The Morgan fingerprint density at radius 2 is 2.42 bits per heavy atom. The summed E-state index contributed by atoms with van der Waals surface area (Å²) in [7, 11) is -1.84. The summed E-state index contributed by atoms with van der Waals surface area (Å²) in [6, 6.07) is -0.252. The number of nitrogens with zero attached hydrogens (tertiary/aromatic N) is 1. The van der Waals surface area contributed by atoms with Crippen molar-refractivity contribution in [3.8, 4) is 0 Å². The maximum atomic E-state index is 12.3. The molecule has 1 aromatic heterocycles. The lowest BCUT2D eigenvalue weighted by Gasteiger charge is -2.19. The van der Waals surface area contributed by atoms with Gasteiger partial charge < -0.3 is 10.1 Å². The minimum atomic E-state index is -3.59. The number of ether oxygens (including phenoxy) is 1. The highest BCUT2D eigenvalue weighted by molar-refractivity contribution is 7.89. The van der Waals surface area contributed by atoms with Crippen LogP contribution in [0, 0.1) is 0 Å². The van der Waals surface area contributed by atoms with Gasteiger partial charge in [-0.3, -0.25) is 5.10 Å². The summed E-state index contributed by atoms with van der Waals surface area (Å²) in [4.78, 5) is 0. The number of rotatable bonds is 6. The number of H-pyrrole nitrogens is 1. The summed E-state index contributed by atoms with van der Waals surface area (Å²) >= 11 is 0. The molecule has 2 rings (SSSR count). The lowest BCUT2D eigenvalue weighted by Crippen LogP contribution is -2.41. The summed E-state index contributed by atoms with van der Waals surface area (Å²) in [6.45, 7) is 2.97. The average Bonchev–Trinajstić information content (AvgIpc) is 2.99. The molecule has 2 unspecified atom stereocenters. The van der Waals surface area contributed by atoms with Gasteiger partial charge in [-0.25, -0.2) is 13.1 Å². The summed E-state index contributed by atoms with van der Waals surface area (Å²) < 4.78 is 32.7. The Kier molecular flexibility index (Phi) is 4.56. The largest absolute Gasteiger partial charge is 0.377 e. The van der Waals surface area contributed by atoms with Gasteiger partial charge in [-0.2, -0.15) is 5.10 Å². The highest BCUT2D eigenvalue weighted by Crippen LogP contribution is 2.18. The van der Waals surface area contributed by atoms with Crippen LogP contribution in [0.5, 0.6) is 0 Å². The zero-order valence-electron chi connectivity index (χ0n) is 11.1. The number of sulfonamides is 1. The van der Waals surface area contributed by atoms with Gasteiger partial charge in [0.2, 0.25) is 0 Å². The number of hydrogen-bond acceptors (Lipinski definition) is 5. The van der Waals surface area contributed by atoms with Crippen LogP contribution in [0.1, 0.15) is 25.3 Å². The van der Waals surface area contributed by atoms with Crippen LogP contribution in [0.3, 0.4) is 0 Å². The third-order valence-electron chi connectivity index (χ3n) is 3.18. The van der Waals surface area contributed by atoms with Crippen molar-refractivity contribution in [1.82, 2.24) is 20.2 Å². The zero-order valence-corrected chi connectivity index (χ0v) is 12.0. The predicted octanol–water partition coefficient (Wildman–Crippen LogP) is -0.0251. The van der Waals surface area contributed by atoms with Gasteiger partial charge in [0.25, 0.3) is 10.0 Å². The molecule has 7 nitrogen and oxygen atoms in total. The smallest absolute Gasteiger partial charge is 0.258 e. The molecule has 1 aliphatic heterocycles. The molecule has 2 heterocycles. The predicted molar refractivity (Wildman–Crippen MR) is 70.1 cm³/mol. The molecule has 0 radical (unpaired) electrons. The third-order valence-corrected chi connectivity index (χ3v) is 4.75. The molecular formula is C11H20N4O3S. The van der Waals surface area contributed by atoms with Crippen LogP contribution in [0.25, 0.3) is 0 Å². The van der Waals surface area contributed by atoms with E-state index in [-0.39, 0.29) is 17.2 Å². The Morgan fingerprint density at radius 3 is 3.05 bits per heavy atom. The van der Waals surface area contributed by atoms with Crippen LogP contribution in [-0.4, -0.2) is 44.4 Å². The van der Waals surface area contributed by atoms with Crippen LogP contribution >= 0.6 is 0 Å². The van der Waals surface area contributed by atoms with Crippen molar-refractivity contribution < 1.29 is 13.2 Å². The molecule has 8 heteroatoms. The summed E-state index contributed by atoms with van der Waals surface area (Å²) in [5.74, 6) is 0. The van der Waals surface area contributed by atoms with E-state index in [2.05, 4.69) is 20.2 Å². The minimum Gasteiger partial charge on any atom is -0.377 e. The molecule has 1 fully saturated rings. The monoisotopic (exact) mass is 288 g/mol. The van der Waals surface area contributed by atoms with Crippen LogP contribution in [-0.2, 0) is 21.3 Å². The highest BCUT2D eigenvalue weighted by Gasteiger charge is 2.28. The van der Waals surface area contributed by atoms with Gasteiger partial charge in [-0.15, -0.1) is 0 Å². The van der Waals surface area contributed by atoms with E-state index in [1.54, 1.807) is 7.05 Å². The number of nitrogens with one attached hydrogen (secondary N) is 3. The Bertz CT molecular complexity index is 508. The maximum Gasteiger partial charge on any atom is 0.258 e. The van der Waals surface area contributed by atoms with Gasteiger partial charge in [-0.1, -0.05) is 0 Å². The number of aromatic amines is 1. The van der Waals surface area contributed by atoms with E-state index in [1.165, 1.54) is 6.20 Å². The summed E-state index contributed by atoms with van der Waals surface area (Å²) in [6.07, 6.45) is 3.33. The SMILES string of the molecule is CNCc1cn[nH]c1S(=O)(=O)NC(C)C1CCCO1. The molecule has 0 aromatic carbocycles. The molecule has 0 amide bonds. The van der Waals surface area contributed by atoms with E-state index in [0.29, 0.717) is 18.7 Å². The quantitative estimate of drug-likeness (QED) is 0.683. The van der Waals surface area contributed by atoms with Crippen molar-refractivity contribution >= 4 is 10.0 Å². The first-order valence-corrected chi connectivity index (χ1v) is 7.83. The van der Waals surface area contributed by atoms with Crippen molar-refractivity contribution in [3.63, 3.8) is 0 Å². The zero-order chi connectivity index (χ0) is 13.9. The maximum absolute atomic E-state index is 12.3. The van der Waals surface area contributed by atoms with Gasteiger partial charge in [0.15, 0.2) is 5.03 Å². The molecule has 0 spiro atoms. The topological polar surface area (TPSA) is 96.1 Å². The second-order valence-electron chi connectivity index (χ2n) is 4.72. The van der Waals surface area contributed by atoms with Gasteiger partial charge >= 0.3 is 0 Å². The van der Waals surface area contributed by atoms with Gasteiger partial charge in [0, 0.05) is 24.8 Å². The van der Waals surface area contributed by atoms with Gasteiger partial charge in [0.05, 0.1) is 12.3 Å². The minimum absolute atomic E-state index is 0.0505. The van der Waals surface area contributed by atoms with Crippen LogP contribution in [0.4, 0.5) is 0 Å². The van der Waals surface area contributed by atoms with Gasteiger partial charge in [0.1, 0.15) is 0 Å². The van der Waals surface area contributed by atoms with E-state index in [4.69, 9.17) is 4.74 Å².